The maximum atomic E-state index is 14.2. The van der Waals surface area contributed by atoms with Crippen LogP contribution in [0.4, 0.5) is 39.5 Å². The van der Waals surface area contributed by atoms with Crippen molar-refractivity contribution in [2.75, 3.05) is 6.61 Å². The molecule has 20 heavy (non-hydrogen) atoms. The summed E-state index contributed by atoms with van der Waals surface area (Å²) in [6.45, 7) is -1.28. The van der Waals surface area contributed by atoms with Crippen molar-refractivity contribution >= 4 is 0 Å². The van der Waals surface area contributed by atoms with E-state index in [1.807, 2.05) is 0 Å². The molecule has 0 aromatic rings. The Bertz CT molecular complexity index is 352. The Morgan fingerprint density at radius 3 is 1.65 bits per heavy atom. The summed E-state index contributed by atoms with van der Waals surface area (Å²) in [7, 11) is 0. The fraction of sp³-hybridized carbons (Fsp3) is 1.00. The van der Waals surface area contributed by atoms with Gasteiger partial charge in [-0.05, 0) is 6.42 Å². The third kappa shape index (κ3) is 2.06. The second-order valence-electron chi connectivity index (χ2n) is 4.73. The standard InChI is InChI=1S/C10H11F9O/c1-3-5-7(13,6(2,11)12)4-20-8(5,9(14,15)16)10(17,18)19/h5H,3-4H2,1-2H3. The molecule has 1 rings (SSSR count). The summed E-state index contributed by atoms with van der Waals surface area (Å²) in [6, 6.07) is 0. The number of rotatable bonds is 2. The van der Waals surface area contributed by atoms with E-state index in [4.69, 9.17) is 0 Å². The number of halogens is 9. The van der Waals surface area contributed by atoms with Crippen molar-refractivity contribution in [2.45, 2.75) is 49.8 Å². The van der Waals surface area contributed by atoms with Crippen LogP contribution in [-0.4, -0.2) is 36.2 Å². The van der Waals surface area contributed by atoms with Crippen molar-refractivity contribution in [1.82, 2.24) is 0 Å². The van der Waals surface area contributed by atoms with Crippen LogP contribution < -0.4 is 0 Å². The van der Waals surface area contributed by atoms with E-state index in [1.54, 1.807) is 0 Å². The van der Waals surface area contributed by atoms with E-state index in [2.05, 4.69) is 4.74 Å². The molecule has 1 nitrogen and oxygen atoms in total. The first-order chi connectivity index (χ1) is 8.65. The smallest absolute Gasteiger partial charge is 0.354 e. The van der Waals surface area contributed by atoms with Gasteiger partial charge in [0.1, 0.15) is 0 Å². The highest BCUT2D eigenvalue weighted by atomic mass is 19.4. The van der Waals surface area contributed by atoms with Gasteiger partial charge in [0, 0.05) is 12.8 Å². The molecule has 1 aliphatic rings. The summed E-state index contributed by atoms with van der Waals surface area (Å²) in [5.74, 6) is -7.50. The van der Waals surface area contributed by atoms with Gasteiger partial charge >= 0.3 is 12.4 Å². The lowest BCUT2D eigenvalue weighted by molar-refractivity contribution is -0.382. The zero-order valence-corrected chi connectivity index (χ0v) is 10.3. The highest BCUT2D eigenvalue weighted by Crippen LogP contribution is 2.61. The lowest BCUT2D eigenvalue weighted by atomic mass is 9.74. The van der Waals surface area contributed by atoms with Crippen LogP contribution in [0.5, 0.6) is 0 Å². The second-order valence-corrected chi connectivity index (χ2v) is 4.73. The van der Waals surface area contributed by atoms with Gasteiger partial charge in [-0.15, -0.1) is 0 Å². The molecule has 0 radical (unpaired) electrons. The van der Waals surface area contributed by atoms with Gasteiger partial charge in [0.25, 0.3) is 11.5 Å². The summed E-state index contributed by atoms with van der Waals surface area (Å²) in [5, 5.41) is 0. The Kier molecular flexibility index (Phi) is 3.83. The third-order valence-electron chi connectivity index (χ3n) is 3.53. The summed E-state index contributed by atoms with van der Waals surface area (Å²) in [4.78, 5) is 0. The average Bonchev–Trinajstić information content (AvgIpc) is 2.50. The molecule has 2 unspecified atom stereocenters. The van der Waals surface area contributed by atoms with E-state index in [-0.39, 0.29) is 6.92 Å². The molecule has 2 atom stereocenters. The molecule has 10 heteroatoms. The zero-order chi connectivity index (χ0) is 16.2. The van der Waals surface area contributed by atoms with Crippen LogP contribution in [-0.2, 0) is 4.74 Å². The van der Waals surface area contributed by atoms with Crippen molar-refractivity contribution < 1.29 is 44.3 Å². The lowest BCUT2D eigenvalue weighted by Gasteiger charge is -2.40. The predicted octanol–water partition coefficient (Wildman–Crippen LogP) is 4.27. The van der Waals surface area contributed by atoms with Crippen molar-refractivity contribution in [1.29, 1.82) is 0 Å². The van der Waals surface area contributed by atoms with E-state index in [0.29, 0.717) is 0 Å². The van der Waals surface area contributed by atoms with Crippen LogP contribution in [0.15, 0.2) is 0 Å². The minimum Gasteiger partial charge on any atom is -0.354 e. The van der Waals surface area contributed by atoms with Crippen LogP contribution in [0.2, 0.25) is 0 Å². The van der Waals surface area contributed by atoms with Gasteiger partial charge in [0.05, 0.1) is 6.61 Å². The Morgan fingerprint density at radius 1 is 1.00 bits per heavy atom. The summed E-state index contributed by atoms with van der Waals surface area (Å²) in [5.41, 5.74) is -8.98. The first-order valence-corrected chi connectivity index (χ1v) is 5.49. The minimum absolute atomic E-state index is 0.0676. The van der Waals surface area contributed by atoms with Gasteiger partial charge in [-0.1, -0.05) is 6.92 Å². The summed E-state index contributed by atoms with van der Waals surface area (Å²) < 4.78 is 121. The van der Waals surface area contributed by atoms with Crippen LogP contribution in [0.25, 0.3) is 0 Å². The molecule has 0 aromatic carbocycles. The number of hydrogen-bond donors (Lipinski definition) is 0. The Labute approximate surface area is 108 Å². The third-order valence-corrected chi connectivity index (χ3v) is 3.53. The van der Waals surface area contributed by atoms with Gasteiger partial charge in [0.2, 0.25) is 5.67 Å². The fourth-order valence-electron chi connectivity index (χ4n) is 2.51. The Balaban J connectivity index is 3.52. The normalized spacial score (nSPS) is 31.6. The van der Waals surface area contributed by atoms with Crippen molar-refractivity contribution in [2.24, 2.45) is 5.92 Å². The fourth-order valence-corrected chi connectivity index (χ4v) is 2.51. The molecule has 0 aliphatic carbocycles. The van der Waals surface area contributed by atoms with Crippen molar-refractivity contribution in [3.8, 4) is 0 Å². The SMILES string of the molecule is CCC1C(F)(C(C)(F)F)COC1(C(F)(F)F)C(F)(F)F. The molecule has 1 heterocycles. The van der Waals surface area contributed by atoms with Gasteiger partial charge in [0.15, 0.2) is 0 Å². The molecule has 0 bridgehead atoms. The maximum Gasteiger partial charge on any atom is 0.426 e. The number of alkyl halides is 9. The molecule has 1 aliphatic heterocycles. The molecular weight excluding hydrogens is 307 g/mol. The summed E-state index contributed by atoms with van der Waals surface area (Å²) >= 11 is 0. The van der Waals surface area contributed by atoms with Crippen molar-refractivity contribution in [3.05, 3.63) is 0 Å². The largest absolute Gasteiger partial charge is 0.426 e. The van der Waals surface area contributed by atoms with E-state index in [0.717, 1.165) is 6.92 Å². The Morgan fingerprint density at radius 2 is 1.40 bits per heavy atom. The van der Waals surface area contributed by atoms with Crippen LogP contribution in [0, 0.1) is 5.92 Å². The minimum atomic E-state index is -6.06. The predicted molar refractivity (Wildman–Crippen MR) is 49.0 cm³/mol. The molecule has 0 amide bonds. The second kappa shape index (κ2) is 4.41. The average molecular weight is 318 g/mol. The molecule has 1 fully saturated rings. The first kappa shape index (κ1) is 17.4. The summed E-state index contributed by atoms with van der Waals surface area (Å²) in [6.07, 6.45) is -13.2. The quantitative estimate of drug-likeness (QED) is 0.691. The van der Waals surface area contributed by atoms with Crippen molar-refractivity contribution in [3.63, 3.8) is 0 Å². The van der Waals surface area contributed by atoms with Crippen LogP contribution in [0.3, 0.4) is 0 Å². The van der Waals surface area contributed by atoms with Gasteiger partial charge in [-0.2, -0.15) is 26.3 Å². The van der Waals surface area contributed by atoms with E-state index >= 15 is 0 Å². The van der Waals surface area contributed by atoms with Crippen LogP contribution >= 0.6 is 0 Å². The lowest BCUT2D eigenvalue weighted by Crippen LogP contribution is -2.64. The first-order valence-electron chi connectivity index (χ1n) is 5.49. The Hall–Kier alpha value is -0.670. The molecule has 0 aromatic heterocycles. The monoisotopic (exact) mass is 318 g/mol. The molecular formula is C10H11F9O. The number of hydrogen-bond acceptors (Lipinski definition) is 1. The molecule has 0 spiro atoms. The highest BCUT2D eigenvalue weighted by molar-refractivity contribution is 5.16. The molecule has 0 N–H and O–H groups in total. The maximum absolute atomic E-state index is 14.2. The van der Waals surface area contributed by atoms with E-state index in [1.165, 1.54) is 0 Å². The van der Waals surface area contributed by atoms with E-state index in [9.17, 15) is 39.5 Å². The highest BCUT2D eigenvalue weighted by Gasteiger charge is 2.84. The van der Waals surface area contributed by atoms with Gasteiger partial charge in [-0.25, -0.2) is 13.2 Å². The van der Waals surface area contributed by atoms with E-state index < -0.39 is 48.5 Å². The number of ether oxygens (including phenoxy) is 1. The molecule has 1 saturated heterocycles. The van der Waals surface area contributed by atoms with Gasteiger partial charge in [-0.3, -0.25) is 0 Å². The van der Waals surface area contributed by atoms with Gasteiger partial charge < -0.3 is 4.74 Å². The molecule has 0 saturated carbocycles. The topological polar surface area (TPSA) is 9.23 Å². The molecule has 120 valence electrons. The van der Waals surface area contributed by atoms with Crippen LogP contribution in [0.1, 0.15) is 20.3 Å². The zero-order valence-electron chi connectivity index (χ0n) is 10.3.